The van der Waals surface area contributed by atoms with Gasteiger partial charge in [0.1, 0.15) is 0 Å². The number of likely N-dealkylation sites (N-methyl/N-ethyl adjacent to an activating group) is 1. The van der Waals surface area contributed by atoms with Crippen molar-refractivity contribution in [1.29, 1.82) is 0 Å². The van der Waals surface area contributed by atoms with Crippen molar-refractivity contribution in [2.75, 3.05) is 33.0 Å². The zero-order valence-corrected chi connectivity index (χ0v) is 11.5. The zero-order chi connectivity index (χ0) is 14.3. The molecule has 1 amide bonds. The molecule has 0 fully saturated rings. The summed E-state index contributed by atoms with van der Waals surface area (Å²) < 4.78 is 4.82. The molecule has 1 unspecified atom stereocenters. The largest absolute Gasteiger partial charge is 0.399 e. The number of aryl methyl sites for hydroxylation is 1. The Bertz CT molecular complexity index is 392. The minimum Gasteiger partial charge on any atom is -0.399 e. The number of aliphatic hydroxyl groups excluding tert-OH is 1. The second-order valence-electron chi connectivity index (χ2n) is 4.63. The maximum absolute atomic E-state index is 11.9. The predicted molar refractivity (Wildman–Crippen MR) is 74.7 cm³/mol. The van der Waals surface area contributed by atoms with Gasteiger partial charge in [-0.3, -0.25) is 4.79 Å². The molecule has 5 nitrogen and oxygen atoms in total. The van der Waals surface area contributed by atoms with Crippen molar-refractivity contribution >= 4 is 11.6 Å². The number of hydrogen-bond donors (Lipinski definition) is 2. The quantitative estimate of drug-likeness (QED) is 0.711. The number of nitrogens with zero attached hydrogens (tertiary/aromatic N) is 1. The van der Waals surface area contributed by atoms with Crippen LogP contribution in [0.3, 0.4) is 0 Å². The van der Waals surface area contributed by atoms with Crippen LogP contribution < -0.4 is 5.73 Å². The average Bonchev–Trinajstić information content (AvgIpc) is 2.37. The molecule has 0 aliphatic carbocycles. The van der Waals surface area contributed by atoms with Crippen molar-refractivity contribution in [3.63, 3.8) is 0 Å². The van der Waals surface area contributed by atoms with Crippen LogP contribution in [0, 0.1) is 0 Å². The summed E-state index contributed by atoms with van der Waals surface area (Å²) in [5.41, 5.74) is 7.39. The molecule has 0 aromatic heterocycles. The molecular formula is C14H22N2O3. The fourth-order valence-corrected chi connectivity index (χ4v) is 1.79. The molecule has 3 N–H and O–H groups in total. The predicted octanol–water partition coefficient (Wildman–Crippen LogP) is 0.667. The number of carbonyl (C=O) groups excluding carboxylic acids is 1. The van der Waals surface area contributed by atoms with Crippen LogP contribution in [0.1, 0.15) is 12.0 Å². The monoisotopic (exact) mass is 266 g/mol. The average molecular weight is 266 g/mol. The Labute approximate surface area is 114 Å². The Balaban J connectivity index is 2.36. The van der Waals surface area contributed by atoms with Crippen LogP contribution in [0.15, 0.2) is 24.3 Å². The molecular weight excluding hydrogens is 244 g/mol. The summed E-state index contributed by atoms with van der Waals surface area (Å²) >= 11 is 0. The molecule has 106 valence electrons. The molecule has 0 heterocycles. The van der Waals surface area contributed by atoms with Gasteiger partial charge in [-0.05, 0) is 24.1 Å². The van der Waals surface area contributed by atoms with Gasteiger partial charge in [-0.25, -0.2) is 0 Å². The van der Waals surface area contributed by atoms with E-state index in [1.54, 1.807) is 7.05 Å². The Hall–Kier alpha value is -1.59. The summed E-state index contributed by atoms with van der Waals surface area (Å²) in [4.78, 5) is 13.4. The maximum Gasteiger partial charge on any atom is 0.222 e. The summed E-state index contributed by atoms with van der Waals surface area (Å²) in [5, 5.41) is 9.55. The molecule has 0 radical (unpaired) electrons. The van der Waals surface area contributed by atoms with Crippen LogP contribution in [-0.2, 0) is 16.0 Å². The summed E-state index contributed by atoms with van der Waals surface area (Å²) in [6.07, 6.45) is 0.444. The molecule has 1 rings (SSSR count). The van der Waals surface area contributed by atoms with E-state index in [2.05, 4.69) is 0 Å². The van der Waals surface area contributed by atoms with E-state index < -0.39 is 6.10 Å². The first-order chi connectivity index (χ1) is 9.02. The molecule has 0 saturated heterocycles. The van der Waals surface area contributed by atoms with E-state index >= 15 is 0 Å². The number of benzene rings is 1. The fourth-order valence-electron chi connectivity index (χ4n) is 1.79. The Morgan fingerprint density at radius 3 is 2.63 bits per heavy atom. The molecule has 0 bridgehead atoms. The number of aliphatic hydroxyl groups is 1. The van der Waals surface area contributed by atoms with Crippen LogP contribution in [0.4, 0.5) is 5.69 Å². The van der Waals surface area contributed by atoms with Crippen molar-refractivity contribution in [3.8, 4) is 0 Å². The molecule has 1 aromatic rings. The Kier molecular flexibility index (Phi) is 6.32. The van der Waals surface area contributed by atoms with Gasteiger partial charge >= 0.3 is 0 Å². The van der Waals surface area contributed by atoms with Gasteiger partial charge in [0.05, 0.1) is 12.7 Å². The molecule has 1 aromatic carbocycles. The standard InChI is InChI=1S/C14H22N2O3/c1-16(9-13(17)10-19-2)14(18)8-5-11-3-6-12(15)7-4-11/h3-4,6-7,13,17H,5,8-10,15H2,1-2H3. The van der Waals surface area contributed by atoms with Gasteiger partial charge < -0.3 is 20.5 Å². The minimum absolute atomic E-state index is 0.00646. The first kappa shape index (κ1) is 15.5. The minimum atomic E-state index is -0.643. The molecule has 0 saturated carbocycles. The van der Waals surface area contributed by atoms with Crippen LogP contribution in [0.5, 0.6) is 0 Å². The number of rotatable bonds is 7. The van der Waals surface area contributed by atoms with Crippen LogP contribution >= 0.6 is 0 Å². The topological polar surface area (TPSA) is 75.8 Å². The van der Waals surface area contributed by atoms with E-state index in [4.69, 9.17) is 10.5 Å². The van der Waals surface area contributed by atoms with E-state index in [1.165, 1.54) is 12.0 Å². The number of ether oxygens (including phenoxy) is 1. The van der Waals surface area contributed by atoms with Crippen LogP contribution in [0.25, 0.3) is 0 Å². The smallest absolute Gasteiger partial charge is 0.222 e. The van der Waals surface area contributed by atoms with Gasteiger partial charge in [0.25, 0.3) is 0 Å². The van der Waals surface area contributed by atoms with Crippen molar-refractivity contribution in [2.24, 2.45) is 0 Å². The number of nitrogen functional groups attached to an aromatic ring is 1. The van der Waals surface area contributed by atoms with Crippen LogP contribution in [-0.4, -0.2) is 49.3 Å². The second kappa shape index (κ2) is 7.76. The van der Waals surface area contributed by atoms with Crippen molar-refractivity contribution < 1.29 is 14.6 Å². The van der Waals surface area contributed by atoms with Crippen molar-refractivity contribution in [1.82, 2.24) is 4.90 Å². The van der Waals surface area contributed by atoms with Gasteiger partial charge in [0, 0.05) is 32.8 Å². The first-order valence-electron chi connectivity index (χ1n) is 6.28. The lowest BCUT2D eigenvalue weighted by molar-refractivity contribution is -0.131. The highest BCUT2D eigenvalue weighted by molar-refractivity contribution is 5.76. The molecule has 0 aliphatic heterocycles. The highest BCUT2D eigenvalue weighted by atomic mass is 16.5. The van der Waals surface area contributed by atoms with Gasteiger partial charge in [0.15, 0.2) is 0 Å². The lowest BCUT2D eigenvalue weighted by atomic mass is 10.1. The number of carbonyl (C=O) groups is 1. The van der Waals surface area contributed by atoms with E-state index in [-0.39, 0.29) is 19.1 Å². The number of amides is 1. The highest BCUT2D eigenvalue weighted by Gasteiger charge is 2.13. The molecule has 0 aliphatic rings. The normalized spacial score (nSPS) is 12.2. The fraction of sp³-hybridized carbons (Fsp3) is 0.500. The summed E-state index contributed by atoms with van der Waals surface area (Å²) in [7, 11) is 3.20. The Morgan fingerprint density at radius 1 is 1.42 bits per heavy atom. The second-order valence-corrected chi connectivity index (χ2v) is 4.63. The number of hydrogen-bond acceptors (Lipinski definition) is 4. The molecule has 0 spiro atoms. The van der Waals surface area contributed by atoms with E-state index in [0.717, 1.165) is 11.3 Å². The van der Waals surface area contributed by atoms with Gasteiger partial charge in [-0.2, -0.15) is 0 Å². The third-order valence-electron chi connectivity index (χ3n) is 2.88. The lowest BCUT2D eigenvalue weighted by Gasteiger charge is -2.20. The summed E-state index contributed by atoms with van der Waals surface area (Å²) in [6, 6.07) is 7.49. The summed E-state index contributed by atoms with van der Waals surface area (Å²) in [6.45, 7) is 0.518. The van der Waals surface area contributed by atoms with E-state index in [0.29, 0.717) is 12.8 Å². The number of nitrogens with two attached hydrogens (primary N) is 1. The lowest BCUT2D eigenvalue weighted by Crippen LogP contribution is -2.36. The maximum atomic E-state index is 11.9. The Morgan fingerprint density at radius 2 is 2.05 bits per heavy atom. The number of methoxy groups -OCH3 is 1. The highest BCUT2D eigenvalue weighted by Crippen LogP contribution is 2.08. The van der Waals surface area contributed by atoms with Crippen molar-refractivity contribution in [3.05, 3.63) is 29.8 Å². The summed E-state index contributed by atoms with van der Waals surface area (Å²) in [5.74, 6) is 0.00646. The van der Waals surface area contributed by atoms with Crippen molar-refractivity contribution in [2.45, 2.75) is 18.9 Å². The van der Waals surface area contributed by atoms with Gasteiger partial charge in [0.2, 0.25) is 5.91 Å². The SMILES string of the molecule is COCC(O)CN(C)C(=O)CCc1ccc(N)cc1. The van der Waals surface area contributed by atoms with Gasteiger partial charge in [-0.15, -0.1) is 0 Å². The molecule has 1 atom stereocenters. The molecule has 5 heteroatoms. The third-order valence-corrected chi connectivity index (χ3v) is 2.88. The van der Waals surface area contributed by atoms with E-state index in [9.17, 15) is 9.90 Å². The zero-order valence-electron chi connectivity index (χ0n) is 11.5. The first-order valence-corrected chi connectivity index (χ1v) is 6.28. The van der Waals surface area contributed by atoms with E-state index in [1.807, 2.05) is 24.3 Å². The third kappa shape index (κ3) is 5.72. The van der Waals surface area contributed by atoms with Gasteiger partial charge in [-0.1, -0.05) is 12.1 Å². The molecule has 19 heavy (non-hydrogen) atoms. The van der Waals surface area contributed by atoms with Crippen LogP contribution in [0.2, 0.25) is 0 Å². The number of anilines is 1.